The predicted octanol–water partition coefficient (Wildman–Crippen LogP) is 3.63. The van der Waals surface area contributed by atoms with Crippen LogP contribution in [0.1, 0.15) is 40.9 Å². The number of hydrogen-bond acceptors (Lipinski definition) is 3. The van der Waals surface area contributed by atoms with E-state index in [4.69, 9.17) is 5.11 Å². The van der Waals surface area contributed by atoms with Crippen molar-refractivity contribution in [3.8, 4) is 0 Å². The first kappa shape index (κ1) is 17.0. The number of carbonyl (C=O) groups is 2. The predicted molar refractivity (Wildman–Crippen MR) is 97.2 cm³/mol. The summed E-state index contributed by atoms with van der Waals surface area (Å²) in [6.07, 6.45) is 0.818. The molecule has 0 heterocycles. The molecule has 6 heteroatoms. The second-order valence-corrected chi connectivity index (χ2v) is 5.99. The van der Waals surface area contributed by atoms with Crippen LogP contribution in [0.5, 0.6) is 0 Å². The van der Waals surface area contributed by atoms with E-state index in [0.29, 0.717) is 23.0 Å². The van der Waals surface area contributed by atoms with Crippen molar-refractivity contribution in [2.24, 2.45) is 0 Å². The third-order valence-corrected chi connectivity index (χ3v) is 4.35. The van der Waals surface area contributed by atoms with Crippen molar-refractivity contribution in [2.75, 3.05) is 17.2 Å². The molecule has 25 heavy (non-hydrogen) atoms. The number of anilines is 2. The van der Waals surface area contributed by atoms with Crippen molar-refractivity contribution in [3.63, 3.8) is 0 Å². The Labute approximate surface area is 146 Å². The molecule has 1 unspecified atom stereocenters. The lowest BCUT2D eigenvalue weighted by Crippen LogP contribution is -2.18. The van der Waals surface area contributed by atoms with Gasteiger partial charge in [-0.2, -0.15) is 0 Å². The van der Waals surface area contributed by atoms with Gasteiger partial charge in [-0.1, -0.05) is 25.1 Å². The zero-order valence-electron chi connectivity index (χ0n) is 14.0. The van der Waals surface area contributed by atoms with Crippen molar-refractivity contribution in [1.82, 2.24) is 5.32 Å². The van der Waals surface area contributed by atoms with Crippen LogP contribution in [0, 0.1) is 0 Å². The smallest absolute Gasteiger partial charge is 0.409 e. The fourth-order valence-electron chi connectivity index (χ4n) is 3.23. The SMILES string of the molecule is CCNC1CCc2cc(C(=O)Nc3ccccc3NC(=O)O)ccc21. The molecular weight excluding hydrogens is 318 g/mol. The van der Waals surface area contributed by atoms with Gasteiger partial charge >= 0.3 is 6.09 Å². The van der Waals surface area contributed by atoms with Crippen molar-refractivity contribution >= 4 is 23.4 Å². The van der Waals surface area contributed by atoms with Gasteiger partial charge in [-0.05, 0) is 54.8 Å². The lowest BCUT2D eigenvalue weighted by atomic mass is 10.0. The van der Waals surface area contributed by atoms with Crippen LogP contribution in [0.3, 0.4) is 0 Å². The first-order chi connectivity index (χ1) is 12.1. The van der Waals surface area contributed by atoms with Gasteiger partial charge in [0, 0.05) is 11.6 Å². The number of fused-ring (bicyclic) bond motifs is 1. The van der Waals surface area contributed by atoms with Crippen LogP contribution in [0.2, 0.25) is 0 Å². The molecule has 3 rings (SSSR count). The standard InChI is InChI=1S/C19H21N3O3/c1-2-20-15-10-8-12-11-13(7-9-14(12)15)18(23)21-16-5-3-4-6-17(16)22-19(24)25/h3-7,9,11,15,20,22H,2,8,10H2,1H3,(H,21,23)(H,24,25). The van der Waals surface area contributed by atoms with E-state index in [0.717, 1.165) is 19.4 Å². The van der Waals surface area contributed by atoms with Crippen LogP contribution < -0.4 is 16.0 Å². The largest absolute Gasteiger partial charge is 0.465 e. The number of rotatable bonds is 5. The maximum absolute atomic E-state index is 12.6. The van der Waals surface area contributed by atoms with Crippen LogP contribution in [-0.4, -0.2) is 23.7 Å². The minimum atomic E-state index is -1.17. The Morgan fingerprint density at radius 3 is 2.52 bits per heavy atom. The minimum absolute atomic E-state index is 0.255. The van der Waals surface area contributed by atoms with Gasteiger partial charge in [0.05, 0.1) is 11.4 Å². The van der Waals surface area contributed by atoms with E-state index in [-0.39, 0.29) is 5.91 Å². The second-order valence-electron chi connectivity index (χ2n) is 5.99. The van der Waals surface area contributed by atoms with Gasteiger partial charge in [-0.25, -0.2) is 4.79 Å². The Morgan fingerprint density at radius 2 is 1.84 bits per heavy atom. The zero-order valence-corrected chi connectivity index (χ0v) is 14.0. The summed E-state index contributed by atoms with van der Waals surface area (Å²) in [5.41, 5.74) is 3.79. The molecule has 130 valence electrons. The Morgan fingerprint density at radius 1 is 1.12 bits per heavy atom. The average molecular weight is 339 g/mol. The molecular formula is C19H21N3O3. The normalized spacial score (nSPS) is 15.5. The Bertz CT molecular complexity index is 804. The molecule has 0 saturated heterocycles. The highest BCUT2D eigenvalue weighted by molar-refractivity contribution is 6.07. The highest BCUT2D eigenvalue weighted by Crippen LogP contribution is 2.32. The summed E-state index contributed by atoms with van der Waals surface area (Å²) in [5.74, 6) is -0.255. The number of benzene rings is 2. The summed E-state index contributed by atoms with van der Waals surface area (Å²) in [5, 5.41) is 17.4. The topological polar surface area (TPSA) is 90.5 Å². The first-order valence-electron chi connectivity index (χ1n) is 8.35. The van der Waals surface area contributed by atoms with Gasteiger partial charge < -0.3 is 15.7 Å². The van der Waals surface area contributed by atoms with E-state index < -0.39 is 6.09 Å². The maximum atomic E-state index is 12.6. The lowest BCUT2D eigenvalue weighted by molar-refractivity contribution is 0.102. The van der Waals surface area contributed by atoms with Crippen LogP contribution >= 0.6 is 0 Å². The molecule has 1 aliphatic rings. The molecule has 1 atom stereocenters. The molecule has 0 saturated carbocycles. The molecule has 4 N–H and O–H groups in total. The van der Waals surface area contributed by atoms with Crippen LogP contribution in [-0.2, 0) is 6.42 Å². The summed E-state index contributed by atoms with van der Waals surface area (Å²) in [7, 11) is 0. The van der Waals surface area contributed by atoms with Gasteiger partial charge in [0.2, 0.25) is 0 Å². The molecule has 1 aliphatic carbocycles. The summed E-state index contributed by atoms with van der Waals surface area (Å²) in [4.78, 5) is 23.4. The third kappa shape index (κ3) is 3.80. The number of hydrogen-bond donors (Lipinski definition) is 4. The van der Waals surface area contributed by atoms with Crippen LogP contribution in [0.15, 0.2) is 42.5 Å². The average Bonchev–Trinajstić information content (AvgIpc) is 2.99. The van der Waals surface area contributed by atoms with Crippen molar-refractivity contribution in [3.05, 3.63) is 59.2 Å². The summed E-state index contributed by atoms with van der Waals surface area (Å²) < 4.78 is 0. The van der Waals surface area contributed by atoms with Crippen molar-refractivity contribution < 1.29 is 14.7 Å². The van der Waals surface area contributed by atoms with Gasteiger partial charge in [0.15, 0.2) is 0 Å². The number of aryl methyl sites for hydroxylation is 1. The van der Waals surface area contributed by atoms with E-state index in [9.17, 15) is 9.59 Å². The highest BCUT2D eigenvalue weighted by Gasteiger charge is 2.22. The Hall–Kier alpha value is -2.86. The monoisotopic (exact) mass is 339 g/mol. The fourth-order valence-corrected chi connectivity index (χ4v) is 3.23. The Kier molecular flexibility index (Phi) is 5.00. The zero-order chi connectivity index (χ0) is 17.8. The molecule has 0 bridgehead atoms. The van der Waals surface area contributed by atoms with Crippen molar-refractivity contribution in [2.45, 2.75) is 25.8 Å². The fraction of sp³-hybridized carbons (Fsp3) is 0.263. The van der Waals surface area contributed by atoms with Gasteiger partial charge in [0.1, 0.15) is 0 Å². The summed E-state index contributed by atoms with van der Waals surface area (Å²) in [6, 6.07) is 12.8. The molecule has 2 amide bonds. The molecule has 0 spiro atoms. The quantitative estimate of drug-likeness (QED) is 0.669. The number of para-hydroxylation sites is 2. The Balaban J connectivity index is 1.78. The molecule has 0 aromatic heterocycles. The van der Waals surface area contributed by atoms with E-state index in [1.165, 1.54) is 11.1 Å². The molecule has 2 aromatic carbocycles. The number of carbonyl (C=O) groups excluding carboxylic acids is 1. The lowest BCUT2D eigenvalue weighted by Gasteiger charge is -2.13. The molecule has 0 fully saturated rings. The molecule has 6 nitrogen and oxygen atoms in total. The van der Waals surface area contributed by atoms with Gasteiger partial charge in [-0.3, -0.25) is 10.1 Å². The highest BCUT2D eigenvalue weighted by atomic mass is 16.4. The molecule has 0 aliphatic heterocycles. The molecule has 0 radical (unpaired) electrons. The van der Waals surface area contributed by atoms with E-state index in [2.05, 4.69) is 22.9 Å². The van der Waals surface area contributed by atoms with E-state index in [1.54, 1.807) is 24.3 Å². The minimum Gasteiger partial charge on any atom is -0.465 e. The van der Waals surface area contributed by atoms with Crippen LogP contribution in [0.4, 0.5) is 16.2 Å². The summed E-state index contributed by atoms with van der Waals surface area (Å²) in [6.45, 7) is 3.00. The third-order valence-electron chi connectivity index (χ3n) is 4.35. The number of nitrogens with one attached hydrogen (secondary N) is 3. The van der Waals surface area contributed by atoms with Crippen molar-refractivity contribution in [1.29, 1.82) is 0 Å². The van der Waals surface area contributed by atoms with Crippen LogP contribution in [0.25, 0.3) is 0 Å². The van der Waals surface area contributed by atoms with E-state index in [1.807, 2.05) is 18.2 Å². The second kappa shape index (κ2) is 7.36. The van der Waals surface area contributed by atoms with E-state index >= 15 is 0 Å². The number of carboxylic acid groups (broad SMARTS) is 1. The summed E-state index contributed by atoms with van der Waals surface area (Å²) >= 11 is 0. The maximum Gasteiger partial charge on any atom is 0.409 e. The van der Waals surface area contributed by atoms with Gasteiger partial charge in [-0.15, -0.1) is 0 Å². The number of amides is 2. The first-order valence-corrected chi connectivity index (χ1v) is 8.35. The van der Waals surface area contributed by atoms with Gasteiger partial charge in [0.25, 0.3) is 5.91 Å². The molecule has 2 aromatic rings.